The Morgan fingerprint density at radius 3 is 2.35 bits per heavy atom. The zero-order valence-electron chi connectivity index (χ0n) is 21.2. The van der Waals surface area contributed by atoms with Gasteiger partial charge in [0.1, 0.15) is 29.7 Å². The van der Waals surface area contributed by atoms with Gasteiger partial charge in [-0.25, -0.2) is 0 Å². The van der Waals surface area contributed by atoms with E-state index in [0.717, 1.165) is 5.56 Å². The van der Waals surface area contributed by atoms with Gasteiger partial charge in [0.25, 0.3) is 0 Å². The second-order valence-electron chi connectivity index (χ2n) is 8.93. The van der Waals surface area contributed by atoms with Gasteiger partial charge in [0.05, 0.1) is 17.9 Å². The summed E-state index contributed by atoms with van der Waals surface area (Å²) in [5.74, 6) is -0.165. The number of thioether (sulfide) groups is 2. The first kappa shape index (κ1) is 28.7. The Hall–Kier alpha value is -2.83. The molecule has 10 nitrogen and oxygen atoms in total. The van der Waals surface area contributed by atoms with Gasteiger partial charge in [-0.1, -0.05) is 35.5 Å². The lowest BCUT2D eigenvalue weighted by Crippen LogP contribution is -2.58. The zero-order chi connectivity index (χ0) is 27.0. The van der Waals surface area contributed by atoms with Crippen LogP contribution >= 0.6 is 23.5 Å². The molecule has 2 amide bonds. The molecule has 2 aromatic rings. The average molecular weight is 549 g/mol. The van der Waals surface area contributed by atoms with Gasteiger partial charge in [0.15, 0.2) is 11.6 Å². The summed E-state index contributed by atoms with van der Waals surface area (Å²) < 4.78 is 10.4. The topological polar surface area (TPSA) is 143 Å². The van der Waals surface area contributed by atoms with Crippen LogP contribution in [0.3, 0.4) is 0 Å². The quantitative estimate of drug-likeness (QED) is 0.222. The summed E-state index contributed by atoms with van der Waals surface area (Å²) in [5.41, 5.74) is -0.0394. The number of epoxide rings is 1. The Morgan fingerprint density at radius 2 is 1.81 bits per heavy atom. The Bertz CT molecular complexity index is 1090. The second-order valence-corrected chi connectivity index (χ2v) is 10.9. The van der Waals surface area contributed by atoms with Gasteiger partial charge in [-0.3, -0.25) is 14.4 Å². The maximum Gasteiger partial charge on any atom is 0.244 e. The number of amides is 2. The van der Waals surface area contributed by atoms with Crippen molar-refractivity contribution in [3.05, 3.63) is 47.7 Å². The van der Waals surface area contributed by atoms with Crippen molar-refractivity contribution in [3.8, 4) is 0 Å². The molecule has 200 valence electrons. The maximum atomic E-state index is 13.4. The molecule has 3 rings (SSSR count). The highest BCUT2D eigenvalue weighted by atomic mass is 32.2. The number of carbonyl (C=O) groups is 4. The second kappa shape index (κ2) is 13.1. The van der Waals surface area contributed by atoms with Gasteiger partial charge >= 0.3 is 0 Å². The molecule has 2 unspecified atom stereocenters. The number of aromatic nitrogens is 1. The van der Waals surface area contributed by atoms with Crippen molar-refractivity contribution in [1.29, 1.82) is 0 Å². The Kier molecular flexibility index (Phi) is 10.2. The minimum Gasteiger partial charge on any atom is -0.361 e. The highest BCUT2D eigenvalue weighted by Crippen LogP contribution is 2.29. The fraction of sp³-hybridized carbons (Fsp3) is 0.480. The molecule has 3 N–H and O–H groups in total. The van der Waals surface area contributed by atoms with E-state index in [1.165, 1.54) is 23.5 Å². The van der Waals surface area contributed by atoms with Crippen molar-refractivity contribution in [1.82, 2.24) is 15.8 Å². The molecule has 0 radical (unpaired) electrons. The van der Waals surface area contributed by atoms with Crippen LogP contribution in [0.4, 0.5) is 5.82 Å². The van der Waals surface area contributed by atoms with Gasteiger partial charge in [-0.15, -0.1) is 0 Å². The van der Waals surface area contributed by atoms with Crippen LogP contribution in [0.1, 0.15) is 18.2 Å². The maximum absolute atomic E-state index is 13.4. The third-order valence-corrected chi connectivity index (χ3v) is 7.52. The molecule has 0 bridgehead atoms. The van der Waals surface area contributed by atoms with Crippen molar-refractivity contribution >= 4 is 53.2 Å². The van der Waals surface area contributed by atoms with E-state index in [1.54, 1.807) is 26.2 Å². The van der Waals surface area contributed by atoms with Crippen molar-refractivity contribution < 1.29 is 28.4 Å². The van der Waals surface area contributed by atoms with Crippen LogP contribution in [0.2, 0.25) is 0 Å². The van der Waals surface area contributed by atoms with Crippen molar-refractivity contribution in [3.63, 3.8) is 0 Å². The lowest BCUT2D eigenvalue weighted by atomic mass is 9.94. The number of hydrogen-bond donors (Lipinski definition) is 3. The van der Waals surface area contributed by atoms with Gasteiger partial charge in [0, 0.05) is 11.8 Å². The third-order valence-electron chi connectivity index (χ3n) is 5.93. The molecule has 1 aliphatic heterocycles. The molecule has 1 fully saturated rings. The predicted molar refractivity (Wildman–Crippen MR) is 144 cm³/mol. The largest absolute Gasteiger partial charge is 0.361 e. The molecule has 2 heterocycles. The van der Waals surface area contributed by atoms with E-state index < -0.39 is 40.8 Å². The highest BCUT2D eigenvalue weighted by molar-refractivity contribution is 8.00. The molecule has 0 spiro atoms. The van der Waals surface area contributed by atoms with E-state index in [0.29, 0.717) is 30.9 Å². The molecule has 1 aliphatic rings. The summed E-state index contributed by atoms with van der Waals surface area (Å²) in [6.45, 7) is 3.71. The van der Waals surface area contributed by atoms with Gasteiger partial charge in [-0.05, 0) is 38.3 Å². The van der Waals surface area contributed by atoms with Crippen LogP contribution in [-0.2, 0) is 30.3 Å². The minimum atomic E-state index is -1.00. The number of hydrogen-bond acceptors (Lipinski definition) is 10. The number of anilines is 1. The first-order chi connectivity index (χ1) is 17.7. The molecule has 1 aromatic carbocycles. The standard InChI is InChI=1S/C25H32N4O6S2/c1-15-10-20(29-35-15)28-21(19(12-30)37-4)24(33)27-18(13-36-3)23(32)26-17(22(31)25(2)14-34-25)11-16-8-6-5-7-9-16/h5-10,12,17-19,21H,11,13-14H2,1-4H3,(H,26,32)(H,27,33)(H,28,29)/t17-,18-,19?,21-,25?/m0/s1. The molecule has 0 saturated carbocycles. The van der Waals surface area contributed by atoms with Gasteiger partial charge in [0.2, 0.25) is 11.8 Å². The number of ether oxygens (including phenoxy) is 1. The molecule has 1 aromatic heterocycles. The minimum absolute atomic E-state index is 0.219. The van der Waals surface area contributed by atoms with Gasteiger partial charge in [-0.2, -0.15) is 23.5 Å². The average Bonchev–Trinajstić information content (AvgIpc) is 3.51. The Balaban J connectivity index is 1.76. The van der Waals surface area contributed by atoms with Crippen molar-refractivity contribution in [2.75, 3.05) is 30.2 Å². The summed E-state index contributed by atoms with van der Waals surface area (Å²) >= 11 is 2.56. The Morgan fingerprint density at radius 1 is 1.14 bits per heavy atom. The predicted octanol–water partition coefficient (Wildman–Crippen LogP) is 1.63. The highest BCUT2D eigenvalue weighted by Gasteiger charge is 2.50. The fourth-order valence-electron chi connectivity index (χ4n) is 3.72. The van der Waals surface area contributed by atoms with Crippen molar-refractivity contribution in [2.45, 2.75) is 49.2 Å². The number of ketones is 1. The van der Waals surface area contributed by atoms with E-state index in [-0.39, 0.29) is 11.5 Å². The first-order valence-electron chi connectivity index (χ1n) is 11.7. The number of rotatable bonds is 15. The number of Topliss-reactive ketones (excluding diaryl/α,β-unsaturated/α-hetero) is 1. The normalized spacial score (nSPS) is 19.7. The monoisotopic (exact) mass is 548 g/mol. The summed E-state index contributed by atoms with van der Waals surface area (Å²) in [4.78, 5) is 51.5. The molecule has 5 atom stereocenters. The van der Waals surface area contributed by atoms with Crippen molar-refractivity contribution in [2.24, 2.45) is 0 Å². The number of nitrogens with zero attached hydrogens (tertiary/aromatic N) is 1. The smallest absolute Gasteiger partial charge is 0.244 e. The van der Waals surface area contributed by atoms with Crippen LogP contribution in [0.25, 0.3) is 0 Å². The summed E-state index contributed by atoms with van der Waals surface area (Å²) in [6.07, 6.45) is 4.48. The zero-order valence-corrected chi connectivity index (χ0v) is 22.8. The molecular weight excluding hydrogens is 516 g/mol. The fourth-order valence-corrected chi connectivity index (χ4v) is 4.87. The molecule has 12 heteroatoms. The number of nitrogens with one attached hydrogen (secondary N) is 3. The van der Waals surface area contributed by atoms with E-state index in [9.17, 15) is 19.2 Å². The van der Waals surface area contributed by atoms with E-state index >= 15 is 0 Å². The van der Waals surface area contributed by atoms with E-state index in [1.807, 2.05) is 36.6 Å². The lowest BCUT2D eigenvalue weighted by molar-refractivity contribution is -0.132. The molecule has 0 aliphatic carbocycles. The number of benzene rings is 1. The SMILES string of the molecule is CSC[C@H](NC(=O)[C@@H](Nc1cc(C)on1)C(C=O)SC)C(=O)N[C@@H](Cc1ccccc1)C(=O)C1(C)CO1. The number of carbonyl (C=O) groups excluding carboxylic acids is 4. The summed E-state index contributed by atoms with van der Waals surface area (Å²) in [7, 11) is 0. The van der Waals surface area contributed by atoms with Gasteiger partial charge < -0.3 is 30.0 Å². The molecule has 1 saturated heterocycles. The first-order valence-corrected chi connectivity index (χ1v) is 14.4. The summed E-state index contributed by atoms with van der Waals surface area (Å²) in [5, 5.41) is 11.6. The van der Waals surface area contributed by atoms with E-state index in [4.69, 9.17) is 9.26 Å². The van der Waals surface area contributed by atoms with Crippen LogP contribution in [0, 0.1) is 6.92 Å². The van der Waals surface area contributed by atoms with Crippen LogP contribution in [-0.4, -0.2) is 82.9 Å². The molecular formula is C25H32N4O6S2. The third kappa shape index (κ3) is 7.83. The lowest BCUT2D eigenvalue weighted by Gasteiger charge is -2.27. The number of aryl methyl sites for hydroxylation is 1. The van der Waals surface area contributed by atoms with Crippen LogP contribution in [0.15, 0.2) is 40.9 Å². The van der Waals surface area contributed by atoms with E-state index in [2.05, 4.69) is 21.1 Å². The van der Waals surface area contributed by atoms with Crippen LogP contribution in [0.5, 0.6) is 0 Å². The molecule has 37 heavy (non-hydrogen) atoms. The summed E-state index contributed by atoms with van der Waals surface area (Å²) in [6, 6.07) is 8.20. The van der Waals surface area contributed by atoms with Crippen LogP contribution < -0.4 is 16.0 Å². The Labute approximate surface area is 224 Å². The number of aldehydes is 1.